The van der Waals surface area contributed by atoms with Crippen LogP contribution < -0.4 is 5.56 Å². The molecule has 1 aromatic carbocycles. The molecule has 4 aromatic rings. The van der Waals surface area contributed by atoms with E-state index in [1.165, 1.54) is 15.8 Å². The molecule has 0 radical (unpaired) electrons. The number of para-hydroxylation sites is 1. The second kappa shape index (κ2) is 7.42. The van der Waals surface area contributed by atoms with Crippen LogP contribution in [-0.4, -0.2) is 25.5 Å². The van der Waals surface area contributed by atoms with E-state index in [1.54, 1.807) is 30.4 Å². The van der Waals surface area contributed by atoms with Crippen molar-refractivity contribution >= 4 is 44.1 Å². The molecule has 0 saturated heterocycles. The van der Waals surface area contributed by atoms with E-state index in [0.29, 0.717) is 22.2 Å². The molecule has 3 aromatic heterocycles. The molecule has 31 heavy (non-hydrogen) atoms. The normalized spacial score (nSPS) is 17.4. The number of aryl methyl sites for hydroxylation is 1. The molecule has 2 atom stereocenters. The first-order valence-electron chi connectivity index (χ1n) is 10.2. The topological polar surface area (TPSA) is 113 Å². The molecule has 8 nitrogen and oxygen atoms in total. The number of benzene rings is 1. The van der Waals surface area contributed by atoms with Gasteiger partial charge in [0, 0.05) is 10.3 Å². The van der Waals surface area contributed by atoms with E-state index < -0.39 is 11.9 Å². The largest absolute Gasteiger partial charge is 0.493 e. The van der Waals surface area contributed by atoms with E-state index in [9.17, 15) is 14.7 Å². The molecular weight excluding hydrogens is 414 g/mol. The van der Waals surface area contributed by atoms with Gasteiger partial charge in [-0.25, -0.2) is 4.98 Å². The zero-order chi connectivity index (χ0) is 21.7. The van der Waals surface area contributed by atoms with Crippen molar-refractivity contribution in [3.8, 4) is 5.88 Å². The lowest BCUT2D eigenvalue weighted by molar-refractivity contribution is -0.121. The van der Waals surface area contributed by atoms with E-state index in [2.05, 4.69) is 27.1 Å². The zero-order valence-electron chi connectivity index (χ0n) is 17.1. The molecule has 158 valence electrons. The van der Waals surface area contributed by atoms with Crippen molar-refractivity contribution in [1.82, 2.24) is 14.5 Å². The molecule has 1 amide bonds. The number of aromatic amines is 1. The molecule has 0 aliphatic heterocycles. The van der Waals surface area contributed by atoms with Crippen LogP contribution in [0.4, 0.5) is 5.69 Å². The molecule has 1 aliphatic carbocycles. The Hall–Kier alpha value is -3.33. The van der Waals surface area contributed by atoms with Gasteiger partial charge in [-0.3, -0.25) is 14.2 Å². The van der Waals surface area contributed by atoms with Gasteiger partial charge in [-0.15, -0.1) is 21.6 Å². The molecule has 9 heteroatoms. The summed E-state index contributed by atoms with van der Waals surface area (Å²) in [6, 6.07) is 6.34. The summed E-state index contributed by atoms with van der Waals surface area (Å²) >= 11 is 1.58. The van der Waals surface area contributed by atoms with Crippen molar-refractivity contribution in [2.75, 3.05) is 0 Å². The lowest BCUT2D eigenvalue weighted by Crippen LogP contribution is -2.28. The quantitative estimate of drug-likeness (QED) is 0.456. The minimum absolute atomic E-state index is 0.162. The van der Waals surface area contributed by atoms with Gasteiger partial charge in [-0.2, -0.15) is 0 Å². The van der Waals surface area contributed by atoms with E-state index in [1.807, 2.05) is 12.1 Å². The number of azo groups is 1. The monoisotopic (exact) mass is 435 g/mol. The van der Waals surface area contributed by atoms with Crippen LogP contribution in [0.1, 0.15) is 36.8 Å². The third kappa shape index (κ3) is 3.25. The number of rotatable bonds is 3. The molecule has 0 bridgehead atoms. The Morgan fingerprint density at radius 2 is 2.19 bits per heavy atom. The number of nitrogens with zero attached hydrogens (tertiary/aromatic N) is 4. The third-order valence-corrected chi connectivity index (χ3v) is 7.09. The van der Waals surface area contributed by atoms with Crippen LogP contribution in [0.5, 0.6) is 5.88 Å². The highest BCUT2D eigenvalue weighted by molar-refractivity contribution is 7.18. The maximum Gasteiger partial charge on any atom is 0.287 e. The van der Waals surface area contributed by atoms with Crippen LogP contribution in [0.15, 0.2) is 45.6 Å². The Kier molecular flexibility index (Phi) is 4.70. The maximum atomic E-state index is 13.2. The molecular formula is C22H21N5O3S. The van der Waals surface area contributed by atoms with E-state index in [-0.39, 0.29) is 17.1 Å². The summed E-state index contributed by atoms with van der Waals surface area (Å²) in [7, 11) is 0. The number of carbonyl (C=O) groups is 1. The number of H-pyrrole nitrogens is 1. The number of hydrogen-bond acceptors (Lipinski definition) is 6. The van der Waals surface area contributed by atoms with Crippen molar-refractivity contribution in [2.24, 2.45) is 16.1 Å². The summed E-state index contributed by atoms with van der Waals surface area (Å²) in [5.74, 6) is -0.153. The first-order chi connectivity index (χ1) is 14.9. The Balaban J connectivity index is 1.48. The first kappa shape index (κ1) is 19.6. The van der Waals surface area contributed by atoms with Gasteiger partial charge in [0.05, 0.1) is 17.2 Å². The summed E-state index contributed by atoms with van der Waals surface area (Å²) in [4.78, 5) is 35.1. The summed E-state index contributed by atoms with van der Waals surface area (Å²) < 4.78 is 1.32. The average Bonchev–Trinajstić information content (AvgIpc) is 3.28. The average molecular weight is 436 g/mol. The standard InChI is InChI=1S/C22H21N5O3S/c1-11-7-8-14-16(9-11)31-21-17(14)22(30)27(10-23-21)12(2)19(28)26-25-18-13-5-3-4-6-15(13)24-20(18)29/h3-6,10-12,24,29H,7-9H2,1-2H3. The number of aromatic nitrogens is 3. The number of thiophene rings is 1. The first-order valence-corrected chi connectivity index (χ1v) is 11.0. The van der Waals surface area contributed by atoms with Crippen LogP contribution in [0.2, 0.25) is 0 Å². The number of carbonyl (C=O) groups excluding carboxylic acids is 1. The molecule has 3 heterocycles. The second-order valence-electron chi connectivity index (χ2n) is 8.07. The molecule has 1 aliphatic rings. The van der Waals surface area contributed by atoms with Gasteiger partial charge in [0.2, 0.25) is 5.88 Å². The van der Waals surface area contributed by atoms with Crippen molar-refractivity contribution in [2.45, 2.75) is 39.2 Å². The number of hydrogen-bond donors (Lipinski definition) is 2. The van der Waals surface area contributed by atoms with Crippen molar-refractivity contribution in [1.29, 1.82) is 0 Å². The predicted molar refractivity (Wildman–Crippen MR) is 119 cm³/mol. The van der Waals surface area contributed by atoms with Gasteiger partial charge in [-0.05, 0) is 43.7 Å². The number of amides is 1. The predicted octanol–water partition coefficient (Wildman–Crippen LogP) is 4.64. The van der Waals surface area contributed by atoms with E-state index >= 15 is 0 Å². The second-order valence-corrected chi connectivity index (χ2v) is 9.15. The van der Waals surface area contributed by atoms with Gasteiger partial charge in [-0.1, -0.05) is 25.1 Å². The molecule has 5 rings (SSSR count). The van der Waals surface area contributed by atoms with Crippen LogP contribution in [-0.2, 0) is 17.6 Å². The SMILES string of the molecule is CC1CCc2c(sc3ncn(C(C)C(=O)N=Nc4c(O)[nH]c5ccccc45)c(=O)c23)C1. The highest BCUT2D eigenvalue weighted by atomic mass is 32.1. The van der Waals surface area contributed by atoms with Crippen molar-refractivity contribution in [3.63, 3.8) is 0 Å². The lowest BCUT2D eigenvalue weighted by atomic mass is 9.89. The Labute approximate surface area is 181 Å². The summed E-state index contributed by atoms with van der Waals surface area (Å²) in [6.07, 6.45) is 4.28. The van der Waals surface area contributed by atoms with E-state index in [0.717, 1.165) is 29.7 Å². The summed E-state index contributed by atoms with van der Waals surface area (Å²) in [6.45, 7) is 3.82. The van der Waals surface area contributed by atoms with Crippen molar-refractivity contribution in [3.05, 3.63) is 51.4 Å². The van der Waals surface area contributed by atoms with Crippen molar-refractivity contribution < 1.29 is 9.90 Å². The van der Waals surface area contributed by atoms with Gasteiger partial charge in [0.15, 0.2) is 5.69 Å². The molecule has 2 N–H and O–H groups in total. The number of aromatic hydroxyl groups is 1. The van der Waals surface area contributed by atoms with Gasteiger partial charge in [0.1, 0.15) is 10.9 Å². The Morgan fingerprint density at radius 3 is 3.03 bits per heavy atom. The van der Waals surface area contributed by atoms with Gasteiger partial charge >= 0.3 is 0 Å². The van der Waals surface area contributed by atoms with Crippen LogP contribution in [0.25, 0.3) is 21.1 Å². The Bertz CT molecular complexity index is 1410. The van der Waals surface area contributed by atoms with Crippen LogP contribution in [0.3, 0.4) is 0 Å². The van der Waals surface area contributed by atoms with Gasteiger partial charge in [0.25, 0.3) is 11.5 Å². The fourth-order valence-corrected chi connectivity index (χ4v) is 5.48. The highest BCUT2D eigenvalue weighted by Crippen LogP contribution is 2.36. The third-order valence-electron chi connectivity index (χ3n) is 5.92. The zero-order valence-corrected chi connectivity index (χ0v) is 17.9. The van der Waals surface area contributed by atoms with Crippen LogP contribution in [0, 0.1) is 5.92 Å². The minimum atomic E-state index is -0.862. The number of nitrogens with one attached hydrogen (secondary N) is 1. The van der Waals surface area contributed by atoms with E-state index in [4.69, 9.17) is 0 Å². The molecule has 0 fully saturated rings. The van der Waals surface area contributed by atoms with Gasteiger partial charge < -0.3 is 10.1 Å². The summed E-state index contributed by atoms with van der Waals surface area (Å²) in [5, 5.41) is 19.1. The summed E-state index contributed by atoms with van der Waals surface area (Å²) in [5.41, 5.74) is 1.74. The fraction of sp³-hybridized carbons (Fsp3) is 0.318. The number of fused-ring (bicyclic) bond motifs is 4. The smallest absolute Gasteiger partial charge is 0.287 e. The maximum absolute atomic E-state index is 13.2. The Morgan fingerprint density at radius 1 is 1.39 bits per heavy atom. The molecule has 2 unspecified atom stereocenters. The molecule has 0 spiro atoms. The minimum Gasteiger partial charge on any atom is -0.493 e. The lowest BCUT2D eigenvalue weighted by Gasteiger charge is -2.17. The molecule has 0 saturated carbocycles. The highest BCUT2D eigenvalue weighted by Gasteiger charge is 2.25. The fourth-order valence-electron chi connectivity index (χ4n) is 4.14. The van der Waals surface area contributed by atoms with Crippen LogP contribution >= 0.6 is 11.3 Å².